The minimum atomic E-state index is -0.544. The number of carbonyl (C=O) groups is 1. The quantitative estimate of drug-likeness (QED) is 0.411. The summed E-state index contributed by atoms with van der Waals surface area (Å²) in [6, 6.07) is 22.4. The van der Waals surface area contributed by atoms with E-state index in [1.54, 1.807) is 23.1 Å². The number of hydrogen-bond donors (Lipinski definition) is 2. The summed E-state index contributed by atoms with van der Waals surface area (Å²) in [5.74, 6) is 0.440. The van der Waals surface area contributed by atoms with Gasteiger partial charge in [0.05, 0.1) is 29.7 Å². The van der Waals surface area contributed by atoms with Crippen LogP contribution in [0, 0.1) is 18.3 Å². The van der Waals surface area contributed by atoms with Crippen molar-refractivity contribution in [1.29, 1.82) is 5.26 Å². The van der Waals surface area contributed by atoms with Gasteiger partial charge in [0.25, 0.3) is 0 Å². The maximum Gasteiger partial charge on any atom is 0.247 e. The first-order valence-electron chi connectivity index (χ1n) is 11.1. The summed E-state index contributed by atoms with van der Waals surface area (Å²) in [6.07, 6.45) is 5.38. The minimum absolute atomic E-state index is 0.154. The highest BCUT2D eigenvalue weighted by Gasteiger charge is 2.21. The molecule has 0 saturated carbocycles. The molecule has 2 atom stereocenters. The Bertz CT molecular complexity index is 1270. The number of carbonyl (C=O) groups excluding carboxylic acids is 1. The van der Waals surface area contributed by atoms with Crippen molar-refractivity contribution in [1.82, 2.24) is 20.1 Å². The monoisotopic (exact) mass is 450 g/mol. The second kappa shape index (κ2) is 10.6. The van der Waals surface area contributed by atoms with Gasteiger partial charge in [-0.25, -0.2) is 9.67 Å². The number of nitrogens with zero attached hydrogens (tertiary/aromatic N) is 4. The lowest BCUT2D eigenvalue weighted by atomic mass is 9.98. The predicted octanol–water partition coefficient (Wildman–Crippen LogP) is 4.52. The first-order valence-corrected chi connectivity index (χ1v) is 11.1. The molecule has 0 saturated heterocycles. The number of nitrogens with one attached hydrogen (secondary N) is 2. The Labute approximate surface area is 199 Å². The summed E-state index contributed by atoms with van der Waals surface area (Å²) in [5, 5.41) is 19.6. The molecule has 0 fully saturated rings. The van der Waals surface area contributed by atoms with E-state index in [2.05, 4.69) is 33.7 Å². The molecule has 0 bridgehead atoms. The zero-order chi connectivity index (χ0) is 23.9. The molecule has 34 heavy (non-hydrogen) atoms. The average molecular weight is 451 g/mol. The van der Waals surface area contributed by atoms with Gasteiger partial charge in [0, 0.05) is 12.7 Å². The van der Waals surface area contributed by atoms with E-state index in [4.69, 9.17) is 5.26 Å². The van der Waals surface area contributed by atoms with Crippen LogP contribution in [0.4, 0.5) is 5.82 Å². The van der Waals surface area contributed by atoms with Gasteiger partial charge in [0.2, 0.25) is 5.91 Å². The molecule has 2 N–H and O–H groups in total. The lowest BCUT2D eigenvalue weighted by molar-refractivity contribution is -0.118. The summed E-state index contributed by atoms with van der Waals surface area (Å²) in [4.78, 5) is 17.6. The van der Waals surface area contributed by atoms with E-state index in [9.17, 15) is 4.79 Å². The Morgan fingerprint density at radius 3 is 2.41 bits per heavy atom. The Morgan fingerprint density at radius 2 is 1.79 bits per heavy atom. The van der Waals surface area contributed by atoms with Crippen LogP contribution >= 0.6 is 0 Å². The van der Waals surface area contributed by atoms with Gasteiger partial charge in [0.15, 0.2) is 0 Å². The number of benzene rings is 2. The van der Waals surface area contributed by atoms with E-state index >= 15 is 0 Å². The second-order valence-corrected chi connectivity index (χ2v) is 8.24. The largest absolute Gasteiger partial charge is 0.309 e. The molecule has 0 aliphatic carbocycles. The summed E-state index contributed by atoms with van der Waals surface area (Å²) in [6.45, 7) is 4.65. The highest BCUT2D eigenvalue weighted by molar-refractivity contribution is 5.94. The number of amides is 1. The van der Waals surface area contributed by atoms with Gasteiger partial charge in [-0.3, -0.25) is 4.79 Å². The lowest BCUT2D eigenvalue weighted by Crippen LogP contribution is -2.35. The van der Waals surface area contributed by atoms with E-state index in [0.29, 0.717) is 17.9 Å². The first-order chi connectivity index (χ1) is 16.5. The standard InChI is InChI=1S/C27H26N6O/c1-19-15-31-33(18-19)24-12-13-25(29-17-24)32-27(34)26(23-6-4-3-5-7-23)30-16-20(2)22-10-8-21(14-28)9-11-22/h3-13,15,17-18,20,26,30H,16H2,1-2H3,(H,29,32,34)/t20-,26?/m0/s1. The Morgan fingerprint density at radius 1 is 1.03 bits per heavy atom. The molecule has 1 unspecified atom stereocenters. The molecule has 2 heterocycles. The van der Waals surface area contributed by atoms with Gasteiger partial charge in [-0.05, 0) is 53.8 Å². The van der Waals surface area contributed by atoms with Crippen LogP contribution in [0.5, 0.6) is 0 Å². The molecule has 2 aromatic carbocycles. The van der Waals surface area contributed by atoms with E-state index < -0.39 is 6.04 Å². The number of aromatic nitrogens is 3. The van der Waals surface area contributed by atoms with Crippen LogP contribution in [0.25, 0.3) is 5.69 Å². The van der Waals surface area contributed by atoms with Crippen LogP contribution in [0.15, 0.2) is 85.3 Å². The van der Waals surface area contributed by atoms with Gasteiger partial charge in [-0.15, -0.1) is 0 Å². The topological polar surface area (TPSA) is 95.6 Å². The molecular weight excluding hydrogens is 424 g/mol. The van der Waals surface area contributed by atoms with Crippen molar-refractivity contribution >= 4 is 11.7 Å². The van der Waals surface area contributed by atoms with Crippen LogP contribution in [-0.4, -0.2) is 27.2 Å². The van der Waals surface area contributed by atoms with Gasteiger partial charge >= 0.3 is 0 Å². The zero-order valence-corrected chi connectivity index (χ0v) is 19.1. The molecule has 4 aromatic rings. The highest BCUT2D eigenvalue weighted by atomic mass is 16.2. The van der Waals surface area contributed by atoms with Crippen molar-refractivity contribution in [2.24, 2.45) is 0 Å². The number of pyridine rings is 1. The first kappa shape index (κ1) is 22.9. The summed E-state index contributed by atoms with van der Waals surface area (Å²) >= 11 is 0. The zero-order valence-electron chi connectivity index (χ0n) is 19.1. The maximum absolute atomic E-state index is 13.2. The summed E-state index contributed by atoms with van der Waals surface area (Å²) in [7, 11) is 0. The third-order valence-electron chi connectivity index (χ3n) is 5.61. The van der Waals surface area contributed by atoms with Gasteiger partial charge < -0.3 is 10.6 Å². The summed E-state index contributed by atoms with van der Waals surface area (Å²) < 4.78 is 1.74. The van der Waals surface area contributed by atoms with Crippen LogP contribution in [0.2, 0.25) is 0 Å². The maximum atomic E-state index is 13.2. The molecule has 4 rings (SSSR count). The number of aryl methyl sites for hydroxylation is 1. The molecule has 7 heteroatoms. The number of nitriles is 1. The van der Waals surface area contributed by atoms with Gasteiger partial charge in [-0.1, -0.05) is 49.4 Å². The molecule has 0 spiro atoms. The number of anilines is 1. The fourth-order valence-electron chi connectivity index (χ4n) is 3.65. The Balaban J connectivity index is 1.46. The van der Waals surface area contributed by atoms with Crippen LogP contribution in [0.3, 0.4) is 0 Å². The minimum Gasteiger partial charge on any atom is -0.309 e. The molecule has 0 aliphatic heterocycles. The van der Waals surface area contributed by atoms with Crippen molar-refractivity contribution in [2.45, 2.75) is 25.8 Å². The van der Waals surface area contributed by atoms with Crippen LogP contribution in [-0.2, 0) is 4.79 Å². The van der Waals surface area contributed by atoms with E-state index in [1.165, 1.54) is 0 Å². The summed E-state index contributed by atoms with van der Waals surface area (Å²) in [5.41, 5.74) is 4.48. The fraction of sp³-hybridized carbons (Fsp3) is 0.185. The average Bonchev–Trinajstić information content (AvgIpc) is 3.31. The van der Waals surface area contributed by atoms with E-state index in [1.807, 2.05) is 73.8 Å². The van der Waals surface area contributed by atoms with Crippen molar-refractivity contribution in [2.75, 3.05) is 11.9 Å². The van der Waals surface area contributed by atoms with Crippen molar-refractivity contribution in [3.05, 3.63) is 108 Å². The normalized spacial score (nSPS) is 12.5. The van der Waals surface area contributed by atoms with E-state index in [-0.39, 0.29) is 11.8 Å². The van der Waals surface area contributed by atoms with Crippen molar-refractivity contribution in [3.8, 4) is 11.8 Å². The predicted molar refractivity (Wildman–Crippen MR) is 131 cm³/mol. The van der Waals surface area contributed by atoms with Crippen molar-refractivity contribution < 1.29 is 4.79 Å². The smallest absolute Gasteiger partial charge is 0.247 e. The Kier molecular flexibility index (Phi) is 7.11. The molecule has 1 amide bonds. The van der Waals surface area contributed by atoms with Crippen LogP contribution < -0.4 is 10.6 Å². The third-order valence-corrected chi connectivity index (χ3v) is 5.61. The highest BCUT2D eigenvalue weighted by Crippen LogP contribution is 2.20. The molecule has 0 radical (unpaired) electrons. The molecular formula is C27H26N6O. The van der Waals surface area contributed by atoms with Crippen LogP contribution in [0.1, 0.15) is 41.1 Å². The van der Waals surface area contributed by atoms with E-state index in [0.717, 1.165) is 22.4 Å². The SMILES string of the molecule is Cc1cnn(-c2ccc(NC(=O)C(NC[C@H](C)c3ccc(C#N)cc3)c3ccccc3)nc2)c1. The van der Waals surface area contributed by atoms with Gasteiger partial charge in [0.1, 0.15) is 11.9 Å². The number of hydrogen-bond acceptors (Lipinski definition) is 5. The molecule has 0 aliphatic rings. The molecule has 7 nitrogen and oxygen atoms in total. The number of rotatable bonds is 8. The third kappa shape index (κ3) is 5.55. The molecule has 2 aromatic heterocycles. The fourth-order valence-corrected chi connectivity index (χ4v) is 3.65. The Hall–Kier alpha value is -4.28. The van der Waals surface area contributed by atoms with Crippen molar-refractivity contribution in [3.63, 3.8) is 0 Å². The second-order valence-electron chi connectivity index (χ2n) is 8.24. The molecule has 170 valence electrons. The van der Waals surface area contributed by atoms with Gasteiger partial charge in [-0.2, -0.15) is 10.4 Å². The lowest BCUT2D eigenvalue weighted by Gasteiger charge is -2.21.